The molecule has 0 bridgehead atoms. The van der Waals surface area contributed by atoms with E-state index in [1.807, 2.05) is 35.0 Å². The molecule has 1 N–H and O–H groups in total. The van der Waals surface area contributed by atoms with Crippen molar-refractivity contribution in [3.8, 4) is 5.75 Å². The fourth-order valence-electron chi connectivity index (χ4n) is 4.24. The van der Waals surface area contributed by atoms with Crippen LogP contribution < -0.4 is 10.1 Å². The molecule has 4 aromatic rings. The molecule has 1 fully saturated rings. The van der Waals surface area contributed by atoms with Gasteiger partial charge in [-0.3, -0.25) is 9.69 Å². The van der Waals surface area contributed by atoms with Gasteiger partial charge in [-0.15, -0.1) is 0 Å². The van der Waals surface area contributed by atoms with Gasteiger partial charge in [0.05, 0.1) is 24.9 Å². The first-order valence-electron chi connectivity index (χ1n) is 11.7. The fraction of sp³-hybridized carbons (Fsp3) is 0.259. The number of hydrogen-bond donors (Lipinski definition) is 1. The molecule has 3 heterocycles. The maximum atomic E-state index is 13.4. The number of hydrogen-bond acceptors (Lipinski definition) is 5. The molecule has 5 rings (SSSR count). The number of carbonyl (C=O) groups excluding carboxylic acids is 1. The van der Waals surface area contributed by atoms with Crippen molar-refractivity contribution >= 4 is 11.6 Å². The molecule has 180 valence electrons. The van der Waals surface area contributed by atoms with Crippen molar-refractivity contribution in [1.82, 2.24) is 19.6 Å². The summed E-state index contributed by atoms with van der Waals surface area (Å²) in [5.74, 6) is 0.218. The van der Waals surface area contributed by atoms with Gasteiger partial charge in [0.15, 0.2) is 0 Å². The molecular weight excluding hydrogens is 447 g/mol. The standard InChI is InChI=1S/C27H27FN4O3/c28-22-8-4-20(5-9-22)25(31-13-15-34-16-14-31)17-29-27(33)21-6-10-24(11-7-21)35-19-23-18-32-12-2-1-3-26(32)30-23/h1-12,18,25H,13-17,19H2,(H,29,33). The number of ether oxygens (including phenoxy) is 2. The van der Waals surface area contributed by atoms with Gasteiger partial charge in [0.25, 0.3) is 5.91 Å². The quantitative estimate of drug-likeness (QED) is 0.420. The van der Waals surface area contributed by atoms with E-state index in [4.69, 9.17) is 9.47 Å². The number of rotatable bonds is 8. The first kappa shape index (κ1) is 23.0. The molecular formula is C27H27FN4O3. The van der Waals surface area contributed by atoms with Crippen molar-refractivity contribution in [3.63, 3.8) is 0 Å². The largest absolute Gasteiger partial charge is 0.487 e. The van der Waals surface area contributed by atoms with Gasteiger partial charge in [0.1, 0.15) is 23.8 Å². The second kappa shape index (κ2) is 10.7. The van der Waals surface area contributed by atoms with E-state index in [0.717, 1.165) is 30.0 Å². The molecule has 0 saturated carbocycles. The highest BCUT2D eigenvalue weighted by Crippen LogP contribution is 2.22. The Morgan fingerprint density at radius 2 is 1.83 bits per heavy atom. The Balaban J connectivity index is 1.19. The van der Waals surface area contributed by atoms with Gasteiger partial charge < -0.3 is 19.2 Å². The van der Waals surface area contributed by atoms with E-state index in [9.17, 15) is 9.18 Å². The van der Waals surface area contributed by atoms with E-state index in [1.165, 1.54) is 12.1 Å². The maximum absolute atomic E-state index is 13.4. The number of morpholine rings is 1. The average molecular weight is 475 g/mol. The lowest BCUT2D eigenvalue weighted by molar-refractivity contribution is 0.0162. The molecule has 7 nitrogen and oxygen atoms in total. The van der Waals surface area contributed by atoms with Crippen molar-refractivity contribution in [2.75, 3.05) is 32.8 Å². The molecule has 1 aliphatic rings. The van der Waals surface area contributed by atoms with E-state index >= 15 is 0 Å². The fourth-order valence-corrected chi connectivity index (χ4v) is 4.24. The summed E-state index contributed by atoms with van der Waals surface area (Å²) in [5.41, 5.74) is 3.20. The van der Waals surface area contributed by atoms with Crippen molar-refractivity contribution in [2.45, 2.75) is 12.6 Å². The number of amides is 1. The maximum Gasteiger partial charge on any atom is 0.251 e. The minimum Gasteiger partial charge on any atom is -0.487 e. The topological polar surface area (TPSA) is 68.1 Å². The van der Waals surface area contributed by atoms with Gasteiger partial charge in [-0.05, 0) is 54.1 Å². The Kier molecular flexibility index (Phi) is 7.02. The summed E-state index contributed by atoms with van der Waals surface area (Å²) in [6.07, 6.45) is 3.88. The number of fused-ring (bicyclic) bond motifs is 1. The van der Waals surface area contributed by atoms with Crippen LogP contribution in [0.3, 0.4) is 0 Å². The van der Waals surface area contributed by atoms with Crippen molar-refractivity contribution in [3.05, 3.63) is 102 Å². The van der Waals surface area contributed by atoms with Crippen LogP contribution in [0.5, 0.6) is 5.75 Å². The predicted octanol–water partition coefficient (Wildman–Crippen LogP) is 3.86. The van der Waals surface area contributed by atoms with E-state index in [1.54, 1.807) is 36.4 Å². The van der Waals surface area contributed by atoms with Crippen LogP contribution in [0.25, 0.3) is 5.65 Å². The smallest absolute Gasteiger partial charge is 0.251 e. The molecule has 0 radical (unpaired) electrons. The summed E-state index contributed by atoms with van der Waals surface area (Å²) in [7, 11) is 0. The number of nitrogens with one attached hydrogen (secondary N) is 1. The van der Waals surface area contributed by atoms with Crippen molar-refractivity contribution in [1.29, 1.82) is 0 Å². The number of benzene rings is 2. The first-order valence-corrected chi connectivity index (χ1v) is 11.7. The van der Waals surface area contributed by atoms with Crippen LogP contribution in [0.2, 0.25) is 0 Å². The summed E-state index contributed by atoms with van der Waals surface area (Å²) in [5, 5.41) is 3.03. The van der Waals surface area contributed by atoms with E-state index in [-0.39, 0.29) is 17.8 Å². The van der Waals surface area contributed by atoms with Crippen molar-refractivity contribution in [2.24, 2.45) is 0 Å². The van der Waals surface area contributed by atoms with Crippen molar-refractivity contribution < 1.29 is 18.7 Å². The number of imidazole rings is 1. The second-order valence-electron chi connectivity index (χ2n) is 8.44. The Labute approximate surface area is 203 Å². The number of nitrogens with zero attached hydrogens (tertiary/aromatic N) is 3. The number of aromatic nitrogens is 2. The zero-order chi connectivity index (χ0) is 24.0. The number of pyridine rings is 1. The molecule has 1 aliphatic heterocycles. The second-order valence-corrected chi connectivity index (χ2v) is 8.44. The lowest BCUT2D eigenvalue weighted by Crippen LogP contribution is -2.43. The molecule has 1 amide bonds. The predicted molar refractivity (Wildman–Crippen MR) is 130 cm³/mol. The number of halogens is 1. The van der Waals surface area contributed by atoms with Gasteiger partial charge in [-0.2, -0.15) is 0 Å². The van der Waals surface area contributed by atoms with Gasteiger partial charge in [-0.25, -0.2) is 9.37 Å². The summed E-state index contributed by atoms with van der Waals surface area (Å²) in [4.78, 5) is 19.6. The highest BCUT2D eigenvalue weighted by molar-refractivity contribution is 5.94. The Bertz CT molecular complexity index is 1230. The summed E-state index contributed by atoms with van der Waals surface area (Å²) < 4.78 is 26.7. The Morgan fingerprint density at radius 3 is 2.57 bits per heavy atom. The van der Waals surface area contributed by atoms with Crippen LogP contribution in [0, 0.1) is 5.82 Å². The molecule has 1 atom stereocenters. The summed E-state index contributed by atoms with van der Waals surface area (Å²) in [6, 6.07) is 19.3. The monoisotopic (exact) mass is 474 g/mol. The highest BCUT2D eigenvalue weighted by atomic mass is 19.1. The molecule has 1 saturated heterocycles. The molecule has 1 unspecified atom stereocenters. The van der Waals surface area contributed by atoms with Crippen LogP contribution in [0.15, 0.2) is 79.1 Å². The van der Waals surface area contributed by atoms with Crippen LogP contribution in [-0.4, -0.2) is 53.0 Å². The zero-order valence-corrected chi connectivity index (χ0v) is 19.3. The minimum absolute atomic E-state index is 0.0588. The first-order chi connectivity index (χ1) is 17.2. The average Bonchev–Trinajstić information content (AvgIpc) is 3.32. The van der Waals surface area contributed by atoms with Crippen LogP contribution >= 0.6 is 0 Å². The molecule has 35 heavy (non-hydrogen) atoms. The summed E-state index contributed by atoms with van der Waals surface area (Å²) >= 11 is 0. The third-order valence-corrected chi connectivity index (χ3v) is 6.11. The van der Waals surface area contributed by atoms with Crippen LogP contribution in [-0.2, 0) is 11.3 Å². The summed E-state index contributed by atoms with van der Waals surface area (Å²) in [6.45, 7) is 3.55. The molecule has 2 aromatic heterocycles. The molecule has 2 aromatic carbocycles. The van der Waals surface area contributed by atoms with Crippen LogP contribution in [0.4, 0.5) is 4.39 Å². The van der Waals surface area contributed by atoms with Gasteiger partial charge >= 0.3 is 0 Å². The third kappa shape index (κ3) is 5.67. The van der Waals surface area contributed by atoms with E-state index in [2.05, 4.69) is 15.2 Å². The lowest BCUT2D eigenvalue weighted by atomic mass is 10.0. The van der Waals surface area contributed by atoms with Crippen LogP contribution in [0.1, 0.15) is 27.7 Å². The molecule has 8 heteroatoms. The highest BCUT2D eigenvalue weighted by Gasteiger charge is 2.23. The van der Waals surface area contributed by atoms with E-state index in [0.29, 0.717) is 37.7 Å². The number of carbonyl (C=O) groups is 1. The van der Waals surface area contributed by atoms with E-state index < -0.39 is 0 Å². The van der Waals surface area contributed by atoms with Gasteiger partial charge in [0, 0.05) is 37.6 Å². The molecule has 0 aliphatic carbocycles. The zero-order valence-electron chi connectivity index (χ0n) is 19.3. The Hall–Kier alpha value is -3.75. The minimum atomic E-state index is -0.276. The third-order valence-electron chi connectivity index (χ3n) is 6.11. The SMILES string of the molecule is O=C(NCC(c1ccc(F)cc1)N1CCOCC1)c1ccc(OCc2cn3ccccc3n2)cc1. The van der Waals surface area contributed by atoms with Gasteiger partial charge in [-0.1, -0.05) is 18.2 Å². The molecule has 0 spiro atoms. The Morgan fingerprint density at radius 1 is 1.06 bits per heavy atom. The normalized spacial score (nSPS) is 15.1. The van der Waals surface area contributed by atoms with Gasteiger partial charge in [0.2, 0.25) is 0 Å². The lowest BCUT2D eigenvalue weighted by Gasteiger charge is -2.35.